The van der Waals surface area contributed by atoms with Gasteiger partial charge in [0.25, 0.3) is 0 Å². The van der Waals surface area contributed by atoms with Crippen LogP contribution < -0.4 is 5.32 Å². The van der Waals surface area contributed by atoms with Crippen molar-refractivity contribution in [2.24, 2.45) is 4.99 Å². The number of aliphatic imine (C=N–C) groups is 1. The number of hydrogen-bond acceptors (Lipinski definition) is 4. The van der Waals surface area contributed by atoms with E-state index in [1.54, 1.807) is 6.33 Å². The highest BCUT2D eigenvalue weighted by Crippen LogP contribution is 2.10. The summed E-state index contributed by atoms with van der Waals surface area (Å²) in [5.41, 5.74) is 2.42. The van der Waals surface area contributed by atoms with E-state index in [2.05, 4.69) is 60.6 Å². The lowest BCUT2D eigenvalue weighted by molar-refractivity contribution is 0.172. The third-order valence-corrected chi connectivity index (χ3v) is 5.19. The monoisotopic (exact) mass is 389 g/mol. The first-order chi connectivity index (χ1) is 14.3. The molecule has 0 spiro atoms. The maximum atomic E-state index is 4.48. The second-order valence-corrected chi connectivity index (χ2v) is 7.10. The molecule has 4 rings (SSSR count). The molecule has 29 heavy (non-hydrogen) atoms. The molecule has 0 amide bonds. The summed E-state index contributed by atoms with van der Waals surface area (Å²) in [6, 6.07) is 20.8. The summed E-state index contributed by atoms with van der Waals surface area (Å²) >= 11 is 0. The van der Waals surface area contributed by atoms with Gasteiger partial charge in [-0.25, -0.2) is 0 Å². The van der Waals surface area contributed by atoms with E-state index in [0.29, 0.717) is 6.54 Å². The quantitative estimate of drug-likeness (QED) is 0.535. The van der Waals surface area contributed by atoms with Gasteiger partial charge >= 0.3 is 0 Å². The van der Waals surface area contributed by atoms with Gasteiger partial charge in [0.05, 0.1) is 6.54 Å². The fourth-order valence-corrected chi connectivity index (χ4v) is 3.63. The summed E-state index contributed by atoms with van der Waals surface area (Å²) in [4.78, 5) is 9.28. The first-order valence-corrected chi connectivity index (χ1v) is 9.99. The van der Waals surface area contributed by atoms with Crippen molar-refractivity contribution in [1.82, 2.24) is 29.9 Å². The first kappa shape index (κ1) is 19.1. The molecule has 0 aliphatic carbocycles. The van der Waals surface area contributed by atoms with Crippen LogP contribution in [0, 0.1) is 0 Å². The van der Waals surface area contributed by atoms with Gasteiger partial charge < -0.3 is 10.2 Å². The largest absolute Gasteiger partial charge is 0.349 e. The minimum absolute atomic E-state index is 0.575. The predicted octanol–water partition coefficient (Wildman–Crippen LogP) is 2.16. The molecule has 0 atom stereocenters. The standard InChI is InChI=1S/C22H27N7/c1-23-22(24-16-21-26-25-18-29(21)20-10-6-3-7-11-20)28-14-12-27(13-15-28)17-19-8-4-2-5-9-19/h2-11,18H,12-17H2,1H3,(H,23,24). The third kappa shape index (κ3) is 4.81. The number of guanidine groups is 1. The molecule has 7 nitrogen and oxygen atoms in total. The molecule has 7 heteroatoms. The van der Waals surface area contributed by atoms with Gasteiger partial charge in [-0.15, -0.1) is 10.2 Å². The topological polar surface area (TPSA) is 61.6 Å². The molecule has 1 aliphatic heterocycles. The molecule has 0 saturated carbocycles. The van der Waals surface area contributed by atoms with Crippen LogP contribution in [0.4, 0.5) is 0 Å². The van der Waals surface area contributed by atoms with Crippen molar-refractivity contribution in [2.45, 2.75) is 13.1 Å². The van der Waals surface area contributed by atoms with Crippen LogP contribution in [-0.2, 0) is 13.1 Å². The molecule has 1 saturated heterocycles. The van der Waals surface area contributed by atoms with E-state index in [0.717, 1.165) is 50.2 Å². The average molecular weight is 390 g/mol. The van der Waals surface area contributed by atoms with Crippen LogP contribution in [0.15, 0.2) is 72.0 Å². The number of rotatable bonds is 5. The summed E-state index contributed by atoms with van der Waals surface area (Å²) in [6.07, 6.45) is 1.75. The van der Waals surface area contributed by atoms with Crippen LogP contribution in [0.2, 0.25) is 0 Å². The van der Waals surface area contributed by atoms with Gasteiger partial charge in [-0.05, 0) is 17.7 Å². The Kier molecular flexibility index (Phi) is 6.16. The van der Waals surface area contributed by atoms with Gasteiger partial charge in [-0.2, -0.15) is 0 Å². The van der Waals surface area contributed by atoms with Gasteiger partial charge in [-0.3, -0.25) is 14.5 Å². The molecule has 0 radical (unpaired) electrons. The smallest absolute Gasteiger partial charge is 0.194 e. The van der Waals surface area contributed by atoms with Crippen molar-refractivity contribution in [3.05, 3.63) is 78.4 Å². The number of nitrogens with zero attached hydrogens (tertiary/aromatic N) is 6. The molecule has 3 aromatic rings. The molecule has 0 bridgehead atoms. The van der Waals surface area contributed by atoms with Crippen molar-refractivity contribution >= 4 is 5.96 Å². The number of benzene rings is 2. The molecular formula is C22H27N7. The molecule has 2 heterocycles. The summed E-state index contributed by atoms with van der Waals surface area (Å²) in [5, 5.41) is 11.8. The number of hydrogen-bond donors (Lipinski definition) is 1. The van der Waals surface area contributed by atoms with Crippen molar-refractivity contribution in [2.75, 3.05) is 33.2 Å². The predicted molar refractivity (Wildman–Crippen MR) is 115 cm³/mol. The Morgan fingerprint density at radius 1 is 0.966 bits per heavy atom. The normalized spacial score (nSPS) is 15.5. The minimum Gasteiger partial charge on any atom is -0.349 e. The highest BCUT2D eigenvalue weighted by Gasteiger charge is 2.20. The number of nitrogens with one attached hydrogen (secondary N) is 1. The van der Waals surface area contributed by atoms with Crippen LogP contribution >= 0.6 is 0 Å². The Labute approximate surface area is 171 Å². The maximum absolute atomic E-state index is 4.48. The van der Waals surface area contributed by atoms with Gasteiger partial charge in [0.15, 0.2) is 11.8 Å². The molecule has 2 aromatic carbocycles. The van der Waals surface area contributed by atoms with Crippen LogP contribution in [0.25, 0.3) is 5.69 Å². The van der Waals surface area contributed by atoms with Crippen molar-refractivity contribution in [3.63, 3.8) is 0 Å². The number of piperazine rings is 1. The second kappa shape index (κ2) is 9.34. The van der Waals surface area contributed by atoms with Crippen LogP contribution in [0.3, 0.4) is 0 Å². The zero-order chi connectivity index (χ0) is 19.9. The van der Waals surface area contributed by atoms with Crippen molar-refractivity contribution in [3.8, 4) is 5.69 Å². The lowest BCUT2D eigenvalue weighted by Gasteiger charge is -2.36. The lowest BCUT2D eigenvalue weighted by atomic mass is 10.2. The van der Waals surface area contributed by atoms with E-state index in [9.17, 15) is 0 Å². The van der Waals surface area contributed by atoms with E-state index in [4.69, 9.17) is 0 Å². The van der Waals surface area contributed by atoms with Gasteiger partial charge in [0, 0.05) is 45.5 Å². The molecule has 1 N–H and O–H groups in total. The van der Waals surface area contributed by atoms with Crippen LogP contribution in [0.5, 0.6) is 0 Å². The van der Waals surface area contributed by atoms with Crippen LogP contribution in [0.1, 0.15) is 11.4 Å². The molecule has 1 aromatic heterocycles. The van der Waals surface area contributed by atoms with E-state index in [-0.39, 0.29) is 0 Å². The Morgan fingerprint density at radius 3 is 2.34 bits per heavy atom. The number of aromatic nitrogens is 3. The fraction of sp³-hybridized carbons (Fsp3) is 0.318. The fourth-order valence-electron chi connectivity index (χ4n) is 3.63. The van der Waals surface area contributed by atoms with E-state index >= 15 is 0 Å². The number of para-hydroxylation sites is 1. The van der Waals surface area contributed by atoms with Crippen LogP contribution in [-0.4, -0.2) is 63.8 Å². The molecule has 1 aliphatic rings. The Balaban J connectivity index is 1.32. The summed E-state index contributed by atoms with van der Waals surface area (Å²) in [7, 11) is 1.83. The van der Waals surface area contributed by atoms with E-state index in [1.165, 1.54) is 5.56 Å². The van der Waals surface area contributed by atoms with Crippen molar-refractivity contribution in [1.29, 1.82) is 0 Å². The maximum Gasteiger partial charge on any atom is 0.194 e. The van der Waals surface area contributed by atoms with Crippen molar-refractivity contribution < 1.29 is 0 Å². The summed E-state index contributed by atoms with van der Waals surface area (Å²) in [5.74, 6) is 1.77. The molecule has 150 valence electrons. The highest BCUT2D eigenvalue weighted by atomic mass is 15.4. The third-order valence-electron chi connectivity index (χ3n) is 5.19. The Morgan fingerprint density at radius 2 is 1.66 bits per heavy atom. The second-order valence-electron chi connectivity index (χ2n) is 7.10. The highest BCUT2D eigenvalue weighted by molar-refractivity contribution is 5.79. The average Bonchev–Trinajstić information content (AvgIpc) is 3.25. The zero-order valence-electron chi connectivity index (χ0n) is 16.8. The Hall–Kier alpha value is -3.19. The van der Waals surface area contributed by atoms with Gasteiger partial charge in [0.2, 0.25) is 0 Å². The van der Waals surface area contributed by atoms with Gasteiger partial charge in [0.1, 0.15) is 6.33 Å². The SMILES string of the molecule is CN=C(NCc1nncn1-c1ccccc1)N1CCN(Cc2ccccc2)CC1. The lowest BCUT2D eigenvalue weighted by Crippen LogP contribution is -2.52. The Bertz CT molecular complexity index is 913. The molecule has 0 unspecified atom stereocenters. The summed E-state index contributed by atoms with van der Waals surface area (Å²) in [6.45, 7) is 5.54. The molecular weight excluding hydrogens is 362 g/mol. The zero-order valence-corrected chi connectivity index (χ0v) is 16.8. The van der Waals surface area contributed by atoms with E-state index < -0.39 is 0 Å². The minimum atomic E-state index is 0.575. The summed E-state index contributed by atoms with van der Waals surface area (Å²) < 4.78 is 2.00. The van der Waals surface area contributed by atoms with E-state index in [1.807, 2.05) is 41.9 Å². The first-order valence-electron chi connectivity index (χ1n) is 9.99. The van der Waals surface area contributed by atoms with Gasteiger partial charge in [-0.1, -0.05) is 48.5 Å². The molecule has 1 fully saturated rings.